The Kier molecular flexibility index (Phi) is 9.01. The van der Waals surface area contributed by atoms with Crippen molar-refractivity contribution in [2.24, 2.45) is 5.92 Å². The predicted molar refractivity (Wildman–Crippen MR) is 160 cm³/mol. The van der Waals surface area contributed by atoms with E-state index in [0.29, 0.717) is 25.5 Å². The molecular weight excluding hydrogens is 502 g/mol. The smallest absolute Gasteiger partial charge is 0.255 e. The average molecular weight is 548 g/mol. The van der Waals surface area contributed by atoms with Crippen molar-refractivity contribution in [3.8, 4) is 0 Å². The van der Waals surface area contributed by atoms with Crippen LogP contribution in [-0.2, 0) is 20.5 Å². The molecule has 0 bridgehead atoms. The molecule has 2 aromatic carbocycles. The lowest BCUT2D eigenvalue weighted by atomic mass is 9.93. The number of benzene rings is 2. The van der Waals surface area contributed by atoms with Crippen molar-refractivity contribution in [1.29, 1.82) is 0 Å². The molecule has 0 aromatic heterocycles. The highest BCUT2D eigenvalue weighted by atomic mass is 28.4. The molecule has 1 aliphatic heterocycles. The number of ether oxygens (including phenoxy) is 1. The topological polar surface area (TPSA) is 59.0 Å². The van der Waals surface area contributed by atoms with E-state index in [-0.39, 0.29) is 35.2 Å². The highest BCUT2D eigenvalue weighted by molar-refractivity contribution is 6.90. The number of nitrogens with zero attached hydrogens (tertiary/aromatic N) is 1. The van der Waals surface area contributed by atoms with E-state index in [2.05, 4.69) is 89.3 Å². The molecule has 6 heteroatoms. The number of aliphatic hydroxyl groups is 1. The molecule has 210 valence electrons. The first-order chi connectivity index (χ1) is 18.5. The number of hydrogen-bond acceptors (Lipinski definition) is 4. The first-order valence-corrected chi connectivity index (χ1v) is 16.2. The van der Waals surface area contributed by atoms with E-state index in [4.69, 9.17) is 9.16 Å². The molecule has 1 fully saturated rings. The quantitative estimate of drug-likeness (QED) is 0.407. The van der Waals surface area contributed by atoms with E-state index in [1.807, 2.05) is 37.3 Å². The Morgan fingerprint density at radius 3 is 2.28 bits per heavy atom. The molecule has 0 saturated carbocycles. The summed E-state index contributed by atoms with van der Waals surface area (Å²) in [6.07, 6.45) is 9.11. The first-order valence-electron chi connectivity index (χ1n) is 14.2. The highest BCUT2D eigenvalue weighted by Crippen LogP contribution is 2.50. The van der Waals surface area contributed by atoms with Crippen LogP contribution in [-0.4, -0.2) is 55.2 Å². The van der Waals surface area contributed by atoms with E-state index < -0.39 is 13.9 Å². The molecule has 1 saturated heterocycles. The Morgan fingerprint density at radius 1 is 1.08 bits per heavy atom. The van der Waals surface area contributed by atoms with E-state index >= 15 is 0 Å². The van der Waals surface area contributed by atoms with Crippen LogP contribution in [0.5, 0.6) is 0 Å². The maximum Gasteiger partial charge on any atom is 0.255 e. The average Bonchev–Trinajstić information content (AvgIpc) is 2.91. The fraction of sp³-hybridized carbons (Fsp3) is 0.485. The minimum absolute atomic E-state index is 0.0938. The second kappa shape index (κ2) is 11.9. The molecule has 1 heterocycles. The Hall–Kier alpha value is -2.51. The van der Waals surface area contributed by atoms with Gasteiger partial charge in [0.1, 0.15) is 5.60 Å². The molecule has 5 nitrogen and oxygen atoms in total. The van der Waals surface area contributed by atoms with Crippen LogP contribution in [0.25, 0.3) is 0 Å². The summed E-state index contributed by atoms with van der Waals surface area (Å²) in [6.45, 7) is 13.8. The lowest BCUT2D eigenvalue weighted by Gasteiger charge is -2.51. The Morgan fingerprint density at radius 2 is 1.69 bits per heavy atom. The molecule has 4 rings (SSSR count). The van der Waals surface area contributed by atoms with Gasteiger partial charge in [-0.2, -0.15) is 0 Å². The second-order valence-corrected chi connectivity index (χ2v) is 16.9. The van der Waals surface area contributed by atoms with Gasteiger partial charge in [-0.1, -0.05) is 113 Å². The number of rotatable bonds is 9. The second-order valence-electron chi connectivity index (χ2n) is 12.4. The van der Waals surface area contributed by atoms with Crippen molar-refractivity contribution in [1.82, 2.24) is 4.90 Å². The summed E-state index contributed by atoms with van der Waals surface area (Å²) < 4.78 is 13.6. The molecule has 1 aliphatic carbocycles. The van der Waals surface area contributed by atoms with Crippen molar-refractivity contribution in [3.05, 3.63) is 90.5 Å². The predicted octanol–water partition coefficient (Wildman–Crippen LogP) is 5.75. The maximum absolute atomic E-state index is 14.0. The number of carbonyl (C=O) groups excluding carboxylic acids is 1. The number of morpholine rings is 1. The van der Waals surface area contributed by atoms with Gasteiger partial charge in [0, 0.05) is 24.6 Å². The van der Waals surface area contributed by atoms with Crippen LogP contribution in [0.1, 0.15) is 53.5 Å². The van der Waals surface area contributed by atoms with Gasteiger partial charge < -0.3 is 19.2 Å². The van der Waals surface area contributed by atoms with Crippen LogP contribution < -0.4 is 5.19 Å². The summed E-state index contributed by atoms with van der Waals surface area (Å²) >= 11 is 0. The summed E-state index contributed by atoms with van der Waals surface area (Å²) in [6, 6.07) is 20.3. The third-order valence-corrected chi connectivity index (χ3v) is 14.3. The van der Waals surface area contributed by atoms with Crippen molar-refractivity contribution in [3.63, 3.8) is 0 Å². The molecule has 1 amide bonds. The molecule has 6 atom stereocenters. The monoisotopic (exact) mass is 547 g/mol. The summed E-state index contributed by atoms with van der Waals surface area (Å²) in [5.74, 6) is 0.242. The molecule has 0 radical (unpaired) electrons. The minimum Gasteiger partial charge on any atom is -0.408 e. The zero-order valence-corrected chi connectivity index (χ0v) is 25.3. The summed E-state index contributed by atoms with van der Waals surface area (Å²) in [4.78, 5) is 15.8. The SMILES string of the molecule is CC(CC1(C)OCC(CO)N(Cc2ccccc2)C1=O)O[Si](c1ccccc1)(C1C=CC=CC1C)C(C)(C)C. The Labute approximate surface area is 235 Å². The van der Waals surface area contributed by atoms with Gasteiger partial charge in [-0.05, 0) is 35.6 Å². The largest absolute Gasteiger partial charge is 0.408 e. The fourth-order valence-corrected chi connectivity index (χ4v) is 12.0. The number of aliphatic hydroxyl groups excluding tert-OH is 1. The standard InChI is InChI=1S/C33H45NO4Si/c1-25-15-13-14-20-30(25)39(32(3,4)5,29-18-11-8-12-19-29)38-26(2)21-33(6)31(36)34(28(23-35)24-37-33)22-27-16-9-7-10-17-27/h7-20,25-26,28,30,35H,21-24H2,1-6H3. The fourth-order valence-electron chi connectivity index (χ4n) is 6.45. The van der Waals surface area contributed by atoms with Gasteiger partial charge in [-0.3, -0.25) is 4.79 Å². The third-order valence-electron chi connectivity index (χ3n) is 8.42. The van der Waals surface area contributed by atoms with E-state index in [1.165, 1.54) is 5.19 Å². The van der Waals surface area contributed by atoms with E-state index in [1.54, 1.807) is 4.90 Å². The van der Waals surface area contributed by atoms with Crippen LogP contribution in [0.3, 0.4) is 0 Å². The zero-order valence-electron chi connectivity index (χ0n) is 24.3. The van der Waals surface area contributed by atoms with Crippen LogP contribution in [0, 0.1) is 5.92 Å². The van der Waals surface area contributed by atoms with Crippen molar-refractivity contribution in [2.75, 3.05) is 13.2 Å². The van der Waals surface area contributed by atoms with Gasteiger partial charge in [0.15, 0.2) is 0 Å². The normalized spacial score (nSPS) is 27.8. The molecule has 1 N–H and O–H groups in total. The Balaban J connectivity index is 1.65. The van der Waals surface area contributed by atoms with Crippen molar-refractivity contribution >= 4 is 19.4 Å². The van der Waals surface area contributed by atoms with E-state index in [0.717, 1.165) is 5.56 Å². The molecular formula is C33H45NO4Si. The summed E-state index contributed by atoms with van der Waals surface area (Å²) in [5, 5.41) is 11.2. The minimum atomic E-state index is -2.69. The first kappa shape index (κ1) is 29.5. The molecule has 0 spiro atoms. The van der Waals surface area contributed by atoms with Gasteiger partial charge >= 0.3 is 0 Å². The third kappa shape index (κ3) is 5.99. The van der Waals surface area contributed by atoms with Crippen LogP contribution >= 0.6 is 0 Å². The van der Waals surface area contributed by atoms with Crippen molar-refractivity contribution < 1.29 is 19.1 Å². The van der Waals surface area contributed by atoms with Gasteiger partial charge in [-0.15, -0.1) is 0 Å². The number of allylic oxidation sites excluding steroid dienone is 4. The van der Waals surface area contributed by atoms with Gasteiger partial charge in [0.2, 0.25) is 8.32 Å². The number of amides is 1. The van der Waals surface area contributed by atoms with Gasteiger partial charge in [-0.25, -0.2) is 0 Å². The van der Waals surface area contributed by atoms with Crippen LogP contribution in [0.15, 0.2) is 85.0 Å². The summed E-state index contributed by atoms with van der Waals surface area (Å²) in [5.41, 5.74) is 0.242. The van der Waals surface area contributed by atoms with Crippen LogP contribution in [0.4, 0.5) is 0 Å². The van der Waals surface area contributed by atoms with Gasteiger partial charge in [0.05, 0.1) is 19.3 Å². The maximum atomic E-state index is 14.0. The number of hydrogen-bond donors (Lipinski definition) is 1. The molecule has 6 unspecified atom stereocenters. The van der Waals surface area contributed by atoms with Crippen molar-refractivity contribution in [2.45, 2.75) is 82.8 Å². The molecule has 2 aromatic rings. The lowest BCUT2D eigenvalue weighted by Crippen LogP contribution is -2.65. The molecule has 2 aliphatic rings. The Bertz CT molecular complexity index is 1160. The zero-order chi connectivity index (χ0) is 28.3. The number of carbonyl (C=O) groups is 1. The van der Waals surface area contributed by atoms with Gasteiger partial charge in [0.25, 0.3) is 5.91 Å². The van der Waals surface area contributed by atoms with Crippen LogP contribution in [0.2, 0.25) is 10.6 Å². The highest BCUT2D eigenvalue weighted by Gasteiger charge is 2.56. The summed E-state index contributed by atoms with van der Waals surface area (Å²) in [7, 11) is -2.69. The lowest BCUT2D eigenvalue weighted by molar-refractivity contribution is -0.184. The molecule has 39 heavy (non-hydrogen) atoms. The van der Waals surface area contributed by atoms with E-state index in [9.17, 15) is 9.90 Å².